The zero-order valence-electron chi connectivity index (χ0n) is 10.0. The minimum Gasteiger partial charge on any atom is -0.311 e. The summed E-state index contributed by atoms with van der Waals surface area (Å²) in [7, 11) is 0. The molecule has 0 amide bonds. The standard InChI is InChI=1S/C13H15F4N/c1-12(14,11-3-2-8-18-11)9-4-6-10(7-5-9)13(15,16)17/h4-7,11,18H,2-3,8H2,1H3. The molecule has 0 bridgehead atoms. The minimum absolute atomic E-state index is 0.287. The lowest BCUT2D eigenvalue weighted by Gasteiger charge is -2.28. The van der Waals surface area contributed by atoms with E-state index in [1.165, 1.54) is 19.1 Å². The Morgan fingerprint density at radius 1 is 1.06 bits per heavy atom. The van der Waals surface area contributed by atoms with Crippen LogP contribution in [0, 0.1) is 0 Å². The summed E-state index contributed by atoms with van der Waals surface area (Å²) in [5.74, 6) is 0. The van der Waals surface area contributed by atoms with Crippen molar-refractivity contribution in [1.82, 2.24) is 5.32 Å². The number of rotatable bonds is 2. The summed E-state index contributed by atoms with van der Waals surface area (Å²) in [6, 6.07) is 3.99. The van der Waals surface area contributed by atoms with Gasteiger partial charge in [0.25, 0.3) is 0 Å². The summed E-state index contributed by atoms with van der Waals surface area (Å²) in [6.45, 7) is 2.17. The maximum absolute atomic E-state index is 14.6. The number of halogens is 4. The molecular weight excluding hydrogens is 246 g/mol. The molecule has 1 fully saturated rings. The first-order valence-electron chi connectivity index (χ1n) is 5.92. The number of hydrogen-bond donors (Lipinski definition) is 1. The van der Waals surface area contributed by atoms with Crippen LogP contribution in [0.15, 0.2) is 24.3 Å². The molecule has 1 aliphatic rings. The van der Waals surface area contributed by atoms with Crippen LogP contribution in [0.1, 0.15) is 30.9 Å². The summed E-state index contributed by atoms with van der Waals surface area (Å²) >= 11 is 0. The van der Waals surface area contributed by atoms with Crippen LogP contribution in [-0.2, 0) is 11.8 Å². The summed E-state index contributed by atoms with van der Waals surface area (Å²) in [4.78, 5) is 0. The molecule has 2 rings (SSSR count). The lowest BCUT2D eigenvalue weighted by atomic mass is 9.88. The largest absolute Gasteiger partial charge is 0.416 e. The van der Waals surface area contributed by atoms with Crippen molar-refractivity contribution in [3.05, 3.63) is 35.4 Å². The van der Waals surface area contributed by atoms with Gasteiger partial charge in [-0.05, 0) is 44.0 Å². The van der Waals surface area contributed by atoms with Gasteiger partial charge in [0.1, 0.15) is 5.67 Å². The Morgan fingerprint density at radius 3 is 2.06 bits per heavy atom. The third kappa shape index (κ3) is 2.51. The van der Waals surface area contributed by atoms with Crippen LogP contribution in [0.25, 0.3) is 0 Å². The number of benzene rings is 1. The van der Waals surface area contributed by atoms with Crippen molar-refractivity contribution in [2.24, 2.45) is 0 Å². The first-order valence-corrected chi connectivity index (χ1v) is 5.92. The van der Waals surface area contributed by atoms with Crippen molar-refractivity contribution in [2.75, 3.05) is 6.54 Å². The van der Waals surface area contributed by atoms with E-state index in [1.807, 2.05) is 0 Å². The number of alkyl halides is 4. The predicted octanol–water partition coefficient (Wildman–Crippen LogP) is 3.64. The van der Waals surface area contributed by atoms with Gasteiger partial charge < -0.3 is 5.32 Å². The zero-order valence-corrected chi connectivity index (χ0v) is 10.0. The lowest BCUT2D eigenvalue weighted by Crippen LogP contribution is -2.39. The quantitative estimate of drug-likeness (QED) is 0.801. The normalized spacial score (nSPS) is 23.9. The van der Waals surface area contributed by atoms with E-state index in [4.69, 9.17) is 0 Å². The fourth-order valence-corrected chi connectivity index (χ4v) is 2.33. The predicted molar refractivity (Wildman–Crippen MR) is 60.9 cm³/mol. The first-order chi connectivity index (χ1) is 8.32. The molecule has 2 unspecified atom stereocenters. The molecule has 0 spiro atoms. The molecule has 1 saturated heterocycles. The Balaban J connectivity index is 2.23. The van der Waals surface area contributed by atoms with Crippen molar-refractivity contribution in [3.63, 3.8) is 0 Å². The minimum atomic E-state index is -4.38. The van der Waals surface area contributed by atoms with E-state index in [9.17, 15) is 17.6 Å². The Morgan fingerprint density at radius 2 is 1.61 bits per heavy atom. The van der Waals surface area contributed by atoms with Gasteiger partial charge in [-0.25, -0.2) is 4.39 Å². The van der Waals surface area contributed by atoms with E-state index in [2.05, 4.69) is 5.32 Å². The fraction of sp³-hybridized carbons (Fsp3) is 0.538. The molecule has 1 N–H and O–H groups in total. The van der Waals surface area contributed by atoms with E-state index in [0.717, 1.165) is 25.1 Å². The van der Waals surface area contributed by atoms with E-state index >= 15 is 0 Å². The third-order valence-electron chi connectivity index (χ3n) is 3.49. The Kier molecular flexibility index (Phi) is 3.36. The molecule has 1 nitrogen and oxygen atoms in total. The van der Waals surface area contributed by atoms with Gasteiger partial charge in [-0.2, -0.15) is 13.2 Å². The maximum atomic E-state index is 14.6. The van der Waals surface area contributed by atoms with E-state index < -0.39 is 17.4 Å². The Hall–Kier alpha value is -1.10. The van der Waals surface area contributed by atoms with Crippen molar-refractivity contribution in [2.45, 2.75) is 37.7 Å². The second-order valence-electron chi connectivity index (χ2n) is 4.80. The van der Waals surface area contributed by atoms with Gasteiger partial charge in [0, 0.05) is 6.04 Å². The van der Waals surface area contributed by atoms with Crippen LogP contribution in [0.2, 0.25) is 0 Å². The molecule has 1 aromatic carbocycles. The van der Waals surface area contributed by atoms with Crippen molar-refractivity contribution in [3.8, 4) is 0 Å². The SMILES string of the molecule is CC(F)(c1ccc(C(F)(F)F)cc1)C1CCCN1. The van der Waals surface area contributed by atoms with Crippen LogP contribution in [0.3, 0.4) is 0 Å². The summed E-state index contributed by atoms with van der Waals surface area (Å²) < 4.78 is 51.8. The van der Waals surface area contributed by atoms with Gasteiger partial charge in [0.05, 0.1) is 5.56 Å². The topological polar surface area (TPSA) is 12.0 Å². The zero-order chi connectivity index (χ0) is 13.4. The molecule has 2 atom stereocenters. The molecule has 1 heterocycles. The van der Waals surface area contributed by atoms with Gasteiger partial charge >= 0.3 is 6.18 Å². The number of nitrogens with one attached hydrogen (secondary N) is 1. The second kappa shape index (κ2) is 4.53. The third-order valence-corrected chi connectivity index (χ3v) is 3.49. The van der Waals surface area contributed by atoms with Gasteiger partial charge in [-0.1, -0.05) is 12.1 Å². The highest BCUT2D eigenvalue weighted by atomic mass is 19.4. The van der Waals surface area contributed by atoms with E-state index in [-0.39, 0.29) is 11.6 Å². The summed E-state index contributed by atoms with van der Waals surface area (Å²) in [6.07, 6.45) is -2.78. The highest BCUT2D eigenvalue weighted by Gasteiger charge is 2.38. The van der Waals surface area contributed by atoms with Crippen LogP contribution in [-0.4, -0.2) is 12.6 Å². The second-order valence-corrected chi connectivity index (χ2v) is 4.80. The fourth-order valence-electron chi connectivity index (χ4n) is 2.33. The van der Waals surface area contributed by atoms with Gasteiger partial charge in [-0.3, -0.25) is 0 Å². The lowest BCUT2D eigenvalue weighted by molar-refractivity contribution is -0.137. The van der Waals surface area contributed by atoms with Crippen molar-refractivity contribution < 1.29 is 17.6 Å². The monoisotopic (exact) mass is 261 g/mol. The van der Waals surface area contributed by atoms with Crippen LogP contribution >= 0.6 is 0 Å². The summed E-state index contributed by atoms with van der Waals surface area (Å²) in [5, 5.41) is 3.04. The highest BCUT2D eigenvalue weighted by Crippen LogP contribution is 2.35. The molecule has 18 heavy (non-hydrogen) atoms. The van der Waals surface area contributed by atoms with E-state index in [1.54, 1.807) is 0 Å². The van der Waals surface area contributed by atoms with Gasteiger partial charge in [-0.15, -0.1) is 0 Å². The molecule has 0 saturated carbocycles. The average molecular weight is 261 g/mol. The molecule has 5 heteroatoms. The van der Waals surface area contributed by atoms with Crippen molar-refractivity contribution in [1.29, 1.82) is 0 Å². The van der Waals surface area contributed by atoms with Crippen LogP contribution < -0.4 is 5.32 Å². The average Bonchev–Trinajstić information content (AvgIpc) is 2.82. The first kappa shape index (κ1) is 13.3. The molecule has 0 aromatic heterocycles. The molecule has 1 aliphatic heterocycles. The highest BCUT2D eigenvalue weighted by molar-refractivity contribution is 5.30. The Labute approximate surface area is 103 Å². The molecule has 100 valence electrons. The summed E-state index contributed by atoms with van der Waals surface area (Å²) in [5.41, 5.74) is -2.10. The van der Waals surface area contributed by atoms with Crippen molar-refractivity contribution >= 4 is 0 Å². The smallest absolute Gasteiger partial charge is 0.311 e. The van der Waals surface area contributed by atoms with Crippen LogP contribution in [0.5, 0.6) is 0 Å². The van der Waals surface area contributed by atoms with Gasteiger partial charge in [0.15, 0.2) is 0 Å². The molecule has 0 aliphatic carbocycles. The molecule has 0 radical (unpaired) electrons. The Bertz CT molecular complexity index is 402. The maximum Gasteiger partial charge on any atom is 0.416 e. The molecule has 1 aromatic rings. The molecular formula is C13H15F4N. The number of hydrogen-bond acceptors (Lipinski definition) is 1. The van der Waals surface area contributed by atoms with Crippen LogP contribution in [0.4, 0.5) is 17.6 Å². The van der Waals surface area contributed by atoms with Gasteiger partial charge in [0.2, 0.25) is 0 Å². The van der Waals surface area contributed by atoms with E-state index in [0.29, 0.717) is 6.42 Å².